The SMILES string of the molecule is COc1ccc(Oc2ccc(NC3=CC(=O)CC(C)(C)C3)c(N)c2)cc1. The summed E-state index contributed by atoms with van der Waals surface area (Å²) in [7, 11) is 1.62. The second-order valence-corrected chi connectivity index (χ2v) is 7.31. The maximum Gasteiger partial charge on any atom is 0.157 e. The number of rotatable bonds is 5. The number of hydrogen-bond donors (Lipinski definition) is 2. The van der Waals surface area contributed by atoms with Gasteiger partial charge in [-0.3, -0.25) is 4.79 Å². The Morgan fingerprint density at radius 1 is 1.00 bits per heavy atom. The van der Waals surface area contributed by atoms with Crippen molar-refractivity contribution >= 4 is 17.2 Å². The number of hydrogen-bond acceptors (Lipinski definition) is 5. The van der Waals surface area contributed by atoms with Crippen LogP contribution in [-0.4, -0.2) is 12.9 Å². The molecule has 0 saturated heterocycles. The molecule has 3 rings (SSSR count). The largest absolute Gasteiger partial charge is 0.497 e. The number of methoxy groups -OCH3 is 1. The summed E-state index contributed by atoms with van der Waals surface area (Å²) in [5.74, 6) is 2.26. The Morgan fingerprint density at radius 2 is 1.65 bits per heavy atom. The van der Waals surface area contributed by atoms with Crippen molar-refractivity contribution in [1.29, 1.82) is 0 Å². The molecule has 0 unspecified atom stereocenters. The van der Waals surface area contributed by atoms with Crippen molar-refractivity contribution in [2.75, 3.05) is 18.2 Å². The average molecular weight is 352 g/mol. The zero-order valence-electron chi connectivity index (χ0n) is 15.3. The van der Waals surface area contributed by atoms with Crippen molar-refractivity contribution in [1.82, 2.24) is 0 Å². The van der Waals surface area contributed by atoms with E-state index in [9.17, 15) is 4.79 Å². The Hall–Kier alpha value is -2.95. The van der Waals surface area contributed by atoms with E-state index in [-0.39, 0.29) is 11.2 Å². The highest BCUT2D eigenvalue weighted by atomic mass is 16.5. The fourth-order valence-corrected chi connectivity index (χ4v) is 3.10. The number of ketones is 1. The normalized spacial score (nSPS) is 16.0. The lowest BCUT2D eigenvalue weighted by Crippen LogP contribution is -2.24. The molecule has 0 amide bonds. The summed E-state index contributed by atoms with van der Waals surface area (Å²) in [5, 5.41) is 3.28. The van der Waals surface area contributed by atoms with Crippen LogP contribution in [0, 0.1) is 5.41 Å². The van der Waals surface area contributed by atoms with E-state index in [1.54, 1.807) is 19.3 Å². The van der Waals surface area contributed by atoms with Gasteiger partial charge in [0.1, 0.15) is 17.2 Å². The first-order chi connectivity index (χ1) is 12.3. The number of carbonyl (C=O) groups is 1. The van der Waals surface area contributed by atoms with Crippen molar-refractivity contribution < 1.29 is 14.3 Å². The van der Waals surface area contributed by atoms with Crippen LogP contribution in [0.25, 0.3) is 0 Å². The van der Waals surface area contributed by atoms with Crippen LogP contribution in [0.15, 0.2) is 54.2 Å². The number of ether oxygens (including phenoxy) is 2. The predicted octanol–water partition coefficient (Wildman–Crippen LogP) is 4.75. The number of nitrogen functional groups attached to an aromatic ring is 1. The van der Waals surface area contributed by atoms with Crippen LogP contribution in [0.5, 0.6) is 17.2 Å². The smallest absolute Gasteiger partial charge is 0.157 e. The van der Waals surface area contributed by atoms with Gasteiger partial charge in [0.2, 0.25) is 0 Å². The fourth-order valence-electron chi connectivity index (χ4n) is 3.10. The zero-order valence-corrected chi connectivity index (χ0v) is 15.3. The van der Waals surface area contributed by atoms with Gasteiger partial charge in [0.15, 0.2) is 5.78 Å². The standard InChI is InChI=1S/C21H24N2O3/c1-21(2)12-14(10-15(24)13-21)23-20-9-8-18(11-19(20)22)26-17-6-4-16(25-3)5-7-17/h4-11,23H,12-13,22H2,1-3H3. The van der Waals surface area contributed by atoms with Gasteiger partial charge in [-0.05, 0) is 48.2 Å². The molecule has 0 fully saturated rings. The Morgan fingerprint density at radius 3 is 2.27 bits per heavy atom. The lowest BCUT2D eigenvalue weighted by Gasteiger charge is -2.29. The van der Waals surface area contributed by atoms with Gasteiger partial charge in [0.05, 0.1) is 18.5 Å². The van der Waals surface area contributed by atoms with E-state index < -0.39 is 0 Å². The number of nitrogens with two attached hydrogens (primary N) is 1. The van der Waals surface area contributed by atoms with Crippen LogP contribution in [-0.2, 0) is 4.79 Å². The molecular weight excluding hydrogens is 328 g/mol. The van der Waals surface area contributed by atoms with Crippen LogP contribution >= 0.6 is 0 Å². The highest BCUT2D eigenvalue weighted by Crippen LogP contribution is 2.36. The van der Waals surface area contributed by atoms with Gasteiger partial charge in [0.25, 0.3) is 0 Å². The lowest BCUT2D eigenvalue weighted by molar-refractivity contribution is -0.117. The van der Waals surface area contributed by atoms with Crippen molar-refractivity contribution in [2.45, 2.75) is 26.7 Å². The molecule has 26 heavy (non-hydrogen) atoms. The first-order valence-electron chi connectivity index (χ1n) is 8.56. The topological polar surface area (TPSA) is 73.6 Å². The number of anilines is 2. The van der Waals surface area contributed by atoms with E-state index in [0.717, 1.165) is 23.6 Å². The Labute approximate surface area is 153 Å². The first kappa shape index (κ1) is 17.9. The molecule has 1 aliphatic rings. The Bertz CT molecular complexity index is 839. The number of benzene rings is 2. The fraction of sp³-hybridized carbons (Fsp3) is 0.286. The van der Waals surface area contributed by atoms with Gasteiger partial charge >= 0.3 is 0 Å². The molecular formula is C21H24N2O3. The van der Waals surface area contributed by atoms with Crippen LogP contribution in [0.3, 0.4) is 0 Å². The maximum absolute atomic E-state index is 11.9. The first-order valence-corrected chi connectivity index (χ1v) is 8.56. The maximum atomic E-state index is 11.9. The molecule has 0 radical (unpaired) electrons. The molecule has 0 bridgehead atoms. The summed E-state index contributed by atoms with van der Waals surface area (Å²) in [6, 6.07) is 12.8. The third-order valence-electron chi connectivity index (χ3n) is 4.27. The van der Waals surface area contributed by atoms with Crippen LogP contribution in [0.1, 0.15) is 26.7 Å². The molecule has 0 heterocycles. The summed E-state index contributed by atoms with van der Waals surface area (Å²) in [6.07, 6.45) is 3.05. The Balaban J connectivity index is 1.72. The third-order valence-corrected chi connectivity index (χ3v) is 4.27. The second kappa shape index (κ2) is 7.12. The zero-order chi connectivity index (χ0) is 18.7. The molecule has 5 heteroatoms. The highest BCUT2D eigenvalue weighted by molar-refractivity contribution is 5.92. The second-order valence-electron chi connectivity index (χ2n) is 7.31. The van der Waals surface area contributed by atoms with Gasteiger partial charge in [-0.25, -0.2) is 0 Å². The average Bonchev–Trinajstić information content (AvgIpc) is 2.56. The molecule has 0 atom stereocenters. The van der Waals surface area contributed by atoms with Gasteiger partial charge < -0.3 is 20.5 Å². The molecule has 2 aromatic carbocycles. The minimum Gasteiger partial charge on any atom is -0.497 e. The molecule has 3 N–H and O–H groups in total. The highest BCUT2D eigenvalue weighted by Gasteiger charge is 2.27. The summed E-state index contributed by atoms with van der Waals surface area (Å²) < 4.78 is 11.0. The van der Waals surface area contributed by atoms with Crippen LogP contribution in [0.2, 0.25) is 0 Å². The molecule has 1 aliphatic carbocycles. The van der Waals surface area contributed by atoms with Gasteiger partial charge in [-0.2, -0.15) is 0 Å². The quantitative estimate of drug-likeness (QED) is 0.759. The van der Waals surface area contributed by atoms with Gasteiger partial charge in [0, 0.05) is 24.3 Å². The van der Waals surface area contributed by atoms with Gasteiger partial charge in [-0.15, -0.1) is 0 Å². The molecule has 0 spiro atoms. The van der Waals surface area contributed by atoms with Gasteiger partial charge in [-0.1, -0.05) is 13.8 Å². The van der Waals surface area contributed by atoms with E-state index in [0.29, 0.717) is 23.6 Å². The van der Waals surface area contributed by atoms with E-state index in [1.807, 2.05) is 36.4 Å². The summed E-state index contributed by atoms with van der Waals surface area (Å²) in [6.45, 7) is 4.18. The monoisotopic (exact) mass is 352 g/mol. The van der Waals surface area contributed by atoms with Crippen molar-refractivity contribution in [3.63, 3.8) is 0 Å². The molecule has 0 saturated carbocycles. The summed E-state index contributed by atoms with van der Waals surface area (Å²) in [4.78, 5) is 11.9. The number of nitrogens with one attached hydrogen (secondary N) is 1. The summed E-state index contributed by atoms with van der Waals surface area (Å²) >= 11 is 0. The molecule has 0 aromatic heterocycles. The predicted molar refractivity (Wildman–Crippen MR) is 104 cm³/mol. The van der Waals surface area contributed by atoms with Crippen LogP contribution in [0.4, 0.5) is 11.4 Å². The number of allylic oxidation sites excluding steroid dienone is 2. The lowest BCUT2D eigenvalue weighted by atomic mass is 9.79. The Kier molecular flexibility index (Phi) is 4.89. The van der Waals surface area contributed by atoms with Crippen molar-refractivity contribution in [3.8, 4) is 17.2 Å². The molecule has 2 aromatic rings. The number of carbonyl (C=O) groups excluding carboxylic acids is 1. The van der Waals surface area contributed by atoms with E-state index in [1.165, 1.54) is 0 Å². The molecule has 5 nitrogen and oxygen atoms in total. The van der Waals surface area contributed by atoms with E-state index in [2.05, 4.69) is 19.2 Å². The molecule has 0 aliphatic heterocycles. The minimum atomic E-state index is -0.0413. The van der Waals surface area contributed by atoms with E-state index in [4.69, 9.17) is 15.2 Å². The van der Waals surface area contributed by atoms with Crippen molar-refractivity contribution in [2.24, 2.45) is 5.41 Å². The molecule has 136 valence electrons. The third kappa shape index (κ3) is 4.36. The van der Waals surface area contributed by atoms with Crippen molar-refractivity contribution in [3.05, 3.63) is 54.2 Å². The minimum absolute atomic E-state index is 0.0413. The van der Waals surface area contributed by atoms with Crippen LogP contribution < -0.4 is 20.5 Å². The van der Waals surface area contributed by atoms with E-state index >= 15 is 0 Å². The summed E-state index contributed by atoms with van der Waals surface area (Å²) in [5.41, 5.74) is 8.34.